The number of nitrogens with zero attached hydrogens (tertiary/aromatic N) is 6. The number of carbonyl (C=O) groups is 5. The lowest BCUT2D eigenvalue weighted by molar-refractivity contribution is -0.137. The number of fused-ring (bicyclic) bond motifs is 1. The zero-order valence-electron chi connectivity index (χ0n) is 39.2. The maximum atomic E-state index is 15.0. The van der Waals surface area contributed by atoms with Crippen LogP contribution in [0, 0.1) is 11.7 Å². The summed E-state index contributed by atoms with van der Waals surface area (Å²) in [5, 5.41) is 19.1. The van der Waals surface area contributed by atoms with Gasteiger partial charge in [-0.05, 0) is 94.2 Å². The van der Waals surface area contributed by atoms with E-state index in [1.807, 2.05) is 56.1 Å². The van der Waals surface area contributed by atoms with Crippen molar-refractivity contribution in [2.45, 2.75) is 94.9 Å². The summed E-state index contributed by atoms with van der Waals surface area (Å²) < 4.78 is 20.4. The summed E-state index contributed by atoms with van der Waals surface area (Å²) in [5.41, 5.74) is 7.20. The number of likely N-dealkylation sites (tertiary alicyclic amines) is 1. The first-order valence-corrected chi connectivity index (χ1v) is 25.9. The molecular formula is C49H64FN9O7S2. The summed E-state index contributed by atoms with van der Waals surface area (Å²) >= 11 is 0. The Morgan fingerprint density at radius 1 is 0.971 bits per heavy atom. The van der Waals surface area contributed by atoms with Gasteiger partial charge in [-0.1, -0.05) is 33.7 Å². The van der Waals surface area contributed by atoms with Gasteiger partial charge in [0.1, 0.15) is 11.6 Å². The number of aromatic nitrogens is 1. The molecule has 3 fully saturated rings. The SMILES string of the molecule is CN1CCC/C(=N\NC(=O)CC(C)(C)SSCCC(=O)N2CCN(C3CCN(C(=O)NCc4ccc(NC(=O)C5CC5c5cccnc5)cc4F)CC3)CC2)c2ccc(OCCCC(=O)O)cc21. The van der Waals surface area contributed by atoms with E-state index in [4.69, 9.17) is 9.84 Å². The average molecular weight is 974 g/mol. The first-order valence-electron chi connectivity index (χ1n) is 23.6. The topological polar surface area (TPSA) is 189 Å². The molecule has 19 heteroatoms. The smallest absolute Gasteiger partial charge is 0.317 e. The summed E-state index contributed by atoms with van der Waals surface area (Å²) in [6, 6.07) is 14.2. The van der Waals surface area contributed by atoms with E-state index in [0.29, 0.717) is 80.8 Å². The molecule has 3 aliphatic heterocycles. The third-order valence-electron chi connectivity index (χ3n) is 12.9. The zero-order valence-corrected chi connectivity index (χ0v) is 40.8. The van der Waals surface area contributed by atoms with Crippen LogP contribution in [-0.2, 0) is 25.7 Å². The van der Waals surface area contributed by atoms with Gasteiger partial charge in [0.25, 0.3) is 0 Å². The number of ether oxygens (including phenoxy) is 1. The number of piperidine rings is 1. The van der Waals surface area contributed by atoms with E-state index in [2.05, 4.69) is 35.9 Å². The molecule has 0 bridgehead atoms. The number of piperazine rings is 1. The number of benzene rings is 2. The number of carboxylic acid groups (broad SMARTS) is 1. The maximum absolute atomic E-state index is 15.0. The van der Waals surface area contributed by atoms with E-state index in [9.17, 15) is 24.0 Å². The molecule has 0 spiro atoms. The minimum absolute atomic E-state index is 0.0408. The summed E-state index contributed by atoms with van der Waals surface area (Å²) in [6.07, 6.45) is 8.59. The van der Waals surface area contributed by atoms with Crippen molar-refractivity contribution in [2.24, 2.45) is 11.0 Å². The van der Waals surface area contributed by atoms with Crippen molar-refractivity contribution in [3.8, 4) is 5.75 Å². The number of amides is 5. The summed E-state index contributed by atoms with van der Waals surface area (Å²) in [5.74, 6) is -0.264. The number of rotatable bonds is 19. The average Bonchev–Trinajstić information content (AvgIpc) is 4.16. The van der Waals surface area contributed by atoms with E-state index >= 15 is 4.39 Å². The summed E-state index contributed by atoms with van der Waals surface area (Å²) in [7, 11) is 5.21. The second-order valence-electron chi connectivity index (χ2n) is 18.6. The van der Waals surface area contributed by atoms with Crippen LogP contribution in [0.5, 0.6) is 5.75 Å². The van der Waals surface area contributed by atoms with Crippen LogP contribution in [0.2, 0.25) is 0 Å². The molecule has 2 saturated heterocycles. The number of urea groups is 1. The third-order valence-corrected chi connectivity index (χ3v) is 16.2. The van der Waals surface area contributed by atoms with Crippen molar-refractivity contribution in [1.82, 2.24) is 30.4 Å². The molecule has 3 aromatic rings. The number of carbonyl (C=O) groups excluding carboxylic acids is 4. The fraction of sp³-hybridized carbons (Fsp3) is 0.531. The number of halogens is 1. The van der Waals surface area contributed by atoms with Crippen molar-refractivity contribution >= 4 is 68.4 Å². The number of aliphatic carboxylic acids is 1. The molecule has 68 heavy (non-hydrogen) atoms. The second-order valence-corrected chi connectivity index (χ2v) is 21.7. The Morgan fingerprint density at radius 3 is 2.50 bits per heavy atom. The van der Waals surface area contributed by atoms with Gasteiger partial charge in [-0.3, -0.25) is 29.1 Å². The van der Waals surface area contributed by atoms with Crippen LogP contribution in [0.4, 0.5) is 20.6 Å². The van der Waals surface area contributed by atoms with Gasteiger partial charge in [0, 0.05) is 142 Å². The lowest BCUT2D eigenvalue weighted by atomic mass is 10.0. The number of pyridine rings is 1. The van der Waals surface area contributed by atoms with Gasteiger partial charge >= 0.3 is 12.0 Å². The van der Waals surface area contributed by atoms with Crippen LogP contribution < -0.4 is 25.7 Å². The quantitative estimate of drug-likeness (QED) is 0.0566. The standard InChI is InChI=1S/C49H64FN9O7S2/c1-49(2,30-44(60)55-54-42-8-5-18-56(3)43-28-37(12-13-38(42)43)66-25-6-9-46(62)63)68-67-26-16-45(61)58-23-21-57(22-24-58)36-14-19-59(20-15-36)48(65)52-32-34-10-11-35(27-41(34)50)53-47(64)40-29-39(40)33-7-4-17-51-31-33/h4,7,10-13,17,27-28,31,36,39-40H,5-6,8-9,14-16,18-26,29-30,32H2,1-3H3,(H,52,65)(H,53,64)(H,55,60)(H,62,63)/b54-42+. The fourth-order valence-electron chi connectivity index (χ4n) is 9.01. The first-order chi connectivity index (χ1) is 32.7. The molecule has 0 radical (unpaired) electrons. The Hall–Kier alpha value is -5.40. The highest BCUT2D eigenvalue weighted by Crippen LogP contribution is 2.47. The van der Waals surface area contributed by atoms with Crippen molar-refractivity contribution in [2.75, 3.05) is 75.4 Å². The molecule has 1 aliphatic carbocycles. The van der Waals surface area contributed by atoms with Crippen LogP contribution in [-0.4, -0.2) is 136 Å². The van der Waals surface area contributed by atoms with Crippen molar-refractivity contribution in [3.63, 3.8) is 0 Å². The minimum atomic E-state index is -0.848. The maximum Gasteiger partial charge on any atom is 0.317 e. The molecule has 7 rings (SSSR count). The molecule has 2 unspecified atom stereocenters. The molecule has 1 aromatic heterocycles. The van der Waals surface area contributed by atoms with Gasteiger partial charge in [-0.2, -0.15) is 5.10 Å². The predicted molar refractivity (Wildman–Crippen MR) is 264 cm³/mol. The Kier molecular flexibility index (Phi) is 17.6. The Morgan fingerprint density at radius 2 is 1.76 bits per heavy atom. The number of carboxylic acids is 1. The van der Waals surface area contributed by atoms with Gasteiger partial charge in [0.15, 0.2) is 0 Å². The highest BCUT2D eigenvalue weighted by Gasteiger charge is 2.44. The normalized spacial score (nSPS) is 19.5. The zero-order chi connectivity index (χ0) is 48.2. The molecule has 2 atom stereocenters. The fourth-order valence-corrected chi connectivity index (χ4v) is 11.5. The van der Waals surface area contributed by atoms with E-state index in [0.717, 1.165) is 67.8 Å². The largest absolute Gasteiger partial charge is 0.494 e. The van der Waals surface area contributed by atoms with E-state index in [1.54, 1.807) is 51.0 Å². The van der Waals surface area contributed by atoms with Crippen molar-refractivity contribution < 1.29 is 38.2 Å². The molecule has 366 valence electrons. The van der Waals surface area contributed by atoms with Gasteiger partial charge in [-0.15, -0.1) is 0 Å². The number of hydrogen-bond acceptors (Lipinski definition) is 12. The molecule has 4 aliphatic rings. The molecule has 2 aromatic carbocycles. The third kappa shape index (κ3) is 14.3. The first kappa shape index (κ1) is 50.5. The highest BCUT2D eigenvalue weighted by molar-refractivity contribution is 8.77. The highest BCUT2D eigenvalue weighted by atomic mass is 33.1. The van der Waals surface area contributed by atoms with Gasteiger partial charge < -0.3 is 35.2 Å². The van der Waals surface area contributed by atoms with Crippen LogP contribution in [0.1, 0.15) is 94.2 Å². The molecule has 4 heterocycles. The van der Waals surface area contributed by atoms with E-state index < -0.39 is 11.8 Å². The number of nitrogens with one attached hydrogen (secondary N) is 3. The minimum Gasteiger partial charge on any atom is -0.494 e. The van der Waals surface area contributed by atoms with E-state index in [1.165, 1.54) is 6.07 Å². The van der Waals surface area contributed by atoms with Crippen molar-refractivity contribution in [1.29, 1.82) is 0 Å². The Bertz CT molecular complexity index is 2290. The number of hydrazone groups is 1. The Labute approximate surface area is 406 Å². The van der Waals surface area contributed by atoms with Gasteiger partial charge in [0.2, 0.25) is 17.7 Å². The van der Waals surface area contributed by atoms with Crippen LogP contribution in [0.15, 0.2) is 66.0 Å². The lowest BCUT2D eigenvalue weighted by Gasteiger charge is -2.42. The number of anilines is 2. The Balaban J connectivity index is 0.752. The monoisotopic (exact) mass is 973 g/mol. The van der Waals surface area contributed by atoms with Crippen molar-refractivity contribution in [3.05, 3.63) is 83.4 Å². The lowest BCUT2D eigenvalue weighted by Crippen LogP contribution is -2.55. The van der Waals surface area contributed by atoms with Crippen LogP contribution >= 0.6 is 21.6 Å². The van der Waals surface area contributed by atoms with Crippen LogP contribution in [0.3, 0.4) is 0 Å². The summed E-state index contributed by atoms with van der Waals surface area (Å²) in [6.45, 7) is 9.28. The van der Waals surface area contributed by atoms with Gasteiger partial charge in [-0.25, -0.2) is 14.6 Å². The molecule has 4 N–H and O–H groups in total. The number of hydrogen-bond donors (Lipinski definition) is 4. The second kappa shape index (κ2) is 23.7. The van der Waals surface area contributed by atoms with Gasteiger partial charge in [0.05, 0.1) is 12.3 Å². The molecular weight excluding hydrogens is 910 g/mol. The summed E-state index contributed by atoms with van der Waals surface area (Å²) in [4.78, 5) is 75.3. The molecule has 1 saturated carbocycles. The molecule has 16 nitrogen and oxygen atoms in total. The van der Waals surface area contributed by atoms with Crippen LogP contribution in [0.25, 0.3) is 0 Å². The molecule has 5 amide bonds. The van der Waals surface area contributed by atoms with E-state index in [-0.39, 0.29) is 59.7 Å². The predicted octanol–water partition coefficient (Wildman–Crippen LogP) is 6.72.